The first-order valence-electron chi connectivity index (χ1n) is 10.5. The number of rotatable bonds is 4. The number of ether oxygens (including phenoxy) is 2. The normalized spacial score (nSPS) is 19.0. The molecule has 2 amide bonds. The fraction of sp³-hybridized carbons (Fsp3) is 0.435. The number of anilines is 1. The number of urea groups is 1. The summed E-state index contributed by atoms with van der Waals surface area (Å²) in [6.45, 7) is 6.31. The molecule has 1 saturated heterocycles. The van der Waals surface area contributed by atoms with Crippen molar-refractivity contribution in [3.8, 4) is 11.5 Å². The monoisotopic (exact) mass is 395 g/mol. The molecular weight excluding hydrogens is 366 g/mol. The van der Waals surface area contributed by atoms with E-state index >= 15 is 0 Å². The molecule has 2 aliphatic rings. The number of carbonyl (C=O) groups excluding carboxylic acids is 1. The highest BCUT2D eigenvalue weighted by Crippen LogP contribution is 2.32. The minimum atomic E-state index is -0.00194. The summed E-state index contributed by atoms with van der Waals surface area (Å²) in [5, 5.41) is 3.23. The van der Waals surface area contributed by atoms with Crippen LogP contribution in [0.1, 0.15) is 31.4 Å². The highest BCUT2D eigenvalue weighted by molar-refractivity contribution is 5.75. The van der Waals surface area contributed by atoms with Crippen LogP contribution in [0.15, 0.2) is 48.5 Å². The third kappa shape index (κ3) is 4.42. The fourth-order valence-electron chi connectivity index (χ4n) is 4.06. The third-order valence-electron chi connectivity index (χ3n) is 5.56. The number of piperazine rings is 1. The number of para-hydroxylation sites is 3. The molecule has 154 valence electrons. The Bertz CT molecular complexity index is 834. The van der Waals surface area contributed by atoms with Crippen molar-refractivity contribution in [2.45, 2.75) is 25.8 Å². The van der Waals surface area contributed by atoms with Gasteiger partial charge in [-0.2, -0.15) is 0 Å². The first-order chi connectivity index (χ1) is 14.3. The summed E-state index contributed by atoms with van der Waals surface area (Å²) in [6.07, 6.45) is 1.83. The van der Waals surface area contributed by atoms with Crippen LogP contribution in [-0.4, -0.2) is 50.3 Å². The molecule has 1 fully saturated rings. The number of nitrogens with one attached hydrogen (secondary N) is 1. The fourth-order valence-corrected chi connectivity index (χ4v) is 4.06. The number of amides is 2. The number of fused-ring (bicyclic) bond motifs is 1. The van der Waals surface area contributed by atoms with Crippen LogP contribution in [0.2, 0.25) is 0 Å². The Labute approximate surface area is 172 Å². The van der Waals surface area contributed by atoms with E-state index in [0.29, 0.717) is 26.3 Å². The lowest BCUT2D eigenvalue weighted by Gasteiger charge is -2.37. The molecule has 2 heterocycles. The lowest BCUT2D eigenvalue weighted by atomic mass is 10.0. The number of hydrogen-bond acceptors (Lipinski definition) is 4. The van der Waals surface area contributed by atoms with Crippen LogP contribution in [0.4, 0.5) is 10.5 Å². The van der Waals surface area contributed by atoms with Gasteiger partial charge in [0.05, 0.1) is 24.9 Å². The van der Waals surface area contributed by atoms with Crippen LogP contribution in [-0.2, 0) is 0 Å². The Kier molecular flexibility index (Phi) is 6.08. The second kappa shape index (κ2) is 9.07. The molecule has 6 heteroatoms. The van der Waals surface area contributed by atoms with Crippen LogP contribution < -0.4 is 19.7 Å². The van der Waals surface area contributed by atoms with Gasteiger partial charge in [-0.15, -0.1) is 0 Å². The Balaban J connectivity index is 1.38. The van der Waals surface area contributed by atoms with E-state index < -0.39 is 0 Å². The van der Waals surface area contributed by atoms with Crippen LogP contribution in [0.25, 0.3) is 0 Å². The molecular formula is C23H29N3O3. The van der Waals surface area contributed by atoms with Crippen molar-refractivity contribution in [3.63, 3.8) is 0 Å². The molecule has 6 nitrogen and oxygen atoms in total. The van der Waals surface area contributed by atoms with E-state index in [4.69, 9.17) is 9.47 Å². The Morgan fingerprint density at radius 3 is 2.69 bits per heavy atom. The summed E-state index contributed by atoms with van der Waals surface area (Å²) >= 11 is 0. The molecule has 0 spiro atoms. The lowest BCUT2D eigenvalue weighted by molar-refractivity contribution is 0.189. The molecule has 0 radical (unpaired) electrons. The molecule has 29 heavy (non-hydrogen) atoms. The van der Waals surface area contributed by atoms with Gasteiger partial charge in [-0.3, -0.25) is 0 Å². The predicted molar refractivity (Wildman–Crippen MR) is 114 cm³/mol. The van der Waals surface area contributed by atoms with E-state index in [0.717, 1.165) is 48.7 Å². The largest absolute Gasteiger partial charge is 0.493 e. The van der Waals surface area contributed by atoms with Crippen molar-refractivity contribution in [3.05, 3.63) is 54.1 Å². The summed E-state index contributed by atoms with van der Waals surface area (Å²) in [6, 6.07) is 16.1. The second-order valence-electron chi connectivity index (χ2n) is 7.41. The van der Waals surface area contributed by atoms with E-state index in [1.54, 1.807) is 0 Å². The maximum atomic E-state index is 12.9. The molecule has 0 bridgehead atoms. The van der Waals surface area contributed by atoms with Crippen molar-refractivity contribution in [2.24, 2.45) is 0 Å². The maximum Gasteiger partial charge on any atom is 0.318 e. The van der Waals surface area contributed by atoms with Crippen molar-refractivity contribution < 1.29 is 14.3 Å². The molecule has 2 aliphatic heterocycles. The van der Waals surface area contributed by atoms with Crippen LogP contribution >= 0.6 is 0 Å². The zero-order valence-corrected chi connectivity index (χ0v) is 17.0. The summed E-state index contributed by atoms with van der Waals surface area (Å²) < 4.78 is 11.6. The number of carbonyl (C=O) groups is 1. The zero-order chi connectivity index (χ0) is 20.1. The van der Waals surface area contributed by atoms with Crippen LogP contribution in [0, 0.1) is 0 Å². The molecule has 1 unspecified atom stereocenters. The second-order valence-corrected chi connectivity index (χ2v) is 7.41. The van der Waals surface area contributed by atoms with Gasteiger partial charge in [-0.1, -0.05) is 30.3 Å². The van der Waals surface area contributed by atoms with Crippen LogP contribution in [0.5, 0.6) is 11.5 Å². The minimum Gasteiger partial charge on any atom is -0.493 e. The average molecular weight is 396 g/mol. The molecule has 1 atom stereocenters. The molecule has 2 aromatic rings. The summed E-state index contributed by atoms with van der Waals surface area (Å²) in [5.41, 5.74) is 2.17. The quantitative estimate of drug-likeness (QED) is 0.855. The van der Waals surface area contributed by atoms with E-state index in [-0.39, 0.29) is 12.1 Å². The topological polar surface area (TPSA) is 54.0 Å². The summed E-state index contributed by atoms with van der Waals surface area (Å²) in [5.74, 6) is 1.79. The molecule has 2 aromatic carbocycles. The predicted octanol–water partition coefficient (Wildman–Crippen LogP) is 3.83. The highest BCUT2D eigenvalue weighted by atomic mass is 16.5. The SMILES string of the molecule is CCOc1ccccc1N1CCN(C(=O)NC2CCCOc3ccccc32)CC1. The van der Waals surface area contributed by atoms with E-state index in [9.17, 15) is 4.79 Å². The molecule has 0 aliphatic carbocycles. The summed E-state index contributed by atoms with van der Waals surface area (Å²) in [4.78, 5) is 17.1. The van der Waals surface area contributed by atoms with Gasteiger partial charge in [0.1, 0.15) is 11.5 Å². The molecule has 0 saturated carbocycles. The van der Waals surface area contributed by atoms with Crippen molar-refractivity contribution >= 4 is 11.7 Å². The third-order valence-corrected chi connectivity index (χ3v) is 5.56. The minimum absolute atomic E-state index is 0.00194. The first-order valence-corrected chi connectivity index (χ1v) is 10.5. The zero-order valence-electron chi connectivity index (χ0n) is 17.0. The van der Waals surface area contributed by atoms with E-state index in [2.05, 4.69) is 16.3 Å². The van der Waals surface area contributed by atoms with Gasteiger partial charge in [0.2, 0.25) is 0 Å². The van der Waals surface area contributed by atoms with E-state index in [1.807, 2.05) is 54.3 Å². The Hall–Kier alpha value is -2.89. The molecule has 1 N–H and O–H groups in total. The number of nitrogens with zero attached hydrogens (tertiary/aromatic N) is 2. The summed E-state index contributed by atoms with van der Waals surface area (Å²) in [7, 11) is 0. The number of hydrogen-bond donors (Lipinski definition) is 1. The molecule has 4 rings (SSSR count). The Morgan fingerprint density at radius 2 is 1.86 bits per heavy atom. The van der Waals surface area contributed by atoms with Gasteiger partial charge >= 0.3 is 6.03 Å². The number of benzene rings is 2. The highest BCUT2D eigenvalue weighted by Gasteiger charge is 2.26. The van der Waals surface area contributed by atoms with Gasteiger partial charge in [0.15, 0.2) is 0 Å². The van der Waals surface area contributed by atoms with Gasteiger partial charge in [-0.25, -0.2) is 4.79 Å². The van der Waals surface area contributed by atoms with Gasteiger partial charge in [0.25, 0.3) is 0 Å². The van der Waals surface area contributed by atoms with Gasteiger partial charge < -0.3 is 24.6 Å². The van der Waals surface area contributed by atoms with Crippen LogP contribution in [0.3, 0.4) is 0 Å². The van der Waals surface area contributed by atoms with Gasteiger partial charge in [0, 0.05) is 31.7 Å². The lowest BCUT2D eigenvalue weighted by Crippen LogP contribution is -2.52. The first kappa shape index (κ1) is 19.4. The Morgan fingerprint density at radius 1 is 1.10 bits per heavy atom. The smallest absolute Gasteiger partial charge is 0.318 e. The van der Waals surface area contributed by atoms with E-state index in [1.165, 1.54) is 0 Å². The van der Waals surface area contributed by atoms with Crippen molar-refractivity contribution in [1.29, 1.82) is 0 Å². The van der Waals surface area contributed by atoms with Crippen molar-refractivity contribution in [1.82, 2.24) is 10.2 Å². The molecule has 0 aromatic heterocycles. The van der Waals surface area contributed by atoms with Crippen molar-refractivity contribution in [2.75, 3.05) is 44.3 Å². The standard InChI is InChI=1S/C23H29N3O3/c1-2-28-22-12-6-4-10-20(22)25-13-15-26(16-14-25)23(27)24-19-9-7-17-29-21-11-5-3-8-18(19)21/h3-6,8,10-12,19H,2,7,9,13-17H2,1H3,(H,24,27). The average Bonchev–Trinajstić information content (AvgIpc) is 2.97. The maximum absolute atomic E-state index is 12.9. The van der Waals surface area contributed by atoms with Gasteiger partial charge in [-0.05, 0) is 38.0 Å².